The lowest BCUT2D eigenvalue weighted by Crippen LogP contribution is -2.52. The smallest absolute Gasteiger partial charge is 0.415 e. The Labute approximate surface area is 233 Å². The monoisotopic (exact) mass is 574 g/mol. The van der Waals surface area contributed by atoms with E-state index in [1.54, 1.807) is 17.0 Å². The van der Waals surface area contributed by atoms with Crippen molar-refractivity contribution in [3.05, 3.63) is 54.1 Å². The maximum absolute atomic E-state index is 13.8. The van der Waals surface area contributed by atoms with Crippen LogP contribution in [0.5, 0.6) is 5.75 Å². The predicted octanol–water partition coefficient (Wildman–Crippen LogP) is 1.37. The molecule has 1 unspecified atom stereocenters. The minimum absolute atomic E-state index is 0.0330. The van der Waals surface area contributed by atoms with Gasteiger partial charge in [-0.3, -0.25) is 9.69 Å². The van der Waals surface area contributed by atoms with Crippen molar-refractivity contribution in [3.8, 4) is 5.75 Å². The number of aliphatic carboxylic acids is 1. The van der Waals surface area contributed by atoms with Crippen LogP contribution in [-0.4, -0.2) is 109 Å². The number of carbonyl (C=O) groups excluding carboxylic acids is 2. The van der Waals surface area contributed by atoms with Crippen LogP contribution in [0.2, 0.25) is 0 Å². The van der Waals surface area contributed by atoms with E-state index in [0.29, 0.717) is 13.1 Å². The lowest BCUT2D eigenvalue weighted by molar-refractivity contribution is -0.140. The third kappa shape index (κ3) is 6.28. The van der Waals surface area contributed by atoms with E-state index in [-0.39, 0.29) is 29.3 Å². The average molecular weight is 575 g/mol. The van der Waals surface area contributed by atoms with Gasteiger partial charge >= 0.3 is 12.1 Å². The molecule has 0 spiro atoms. The normalized spacial score (nSPS) is 21.1. The van der Waals surface area contributed by atoms with Crippen LogP contribution in [0.1, 0.15) is 18.9 Å². The Bertz CT molecular complexity index is 1340. The van der Waals surface area contributed by atoms with Gasteiger partial charge in [0.15, 0.2) is 0 Å². The molecular formula is C27H34N4O8S. The number of aryl methyl sites for hydroxylation is 1. The first-order valence-electron chi connectivity index (χ1n) is 13.0. The van der Waals surface area contributed by atoms with Gasteiger partial charge in [0.05, 0.1) is 11.0 Å². The third-order valence-electron chi connectivity index (χ3n) is 7.21. The first-order chi connectivity index (χ1) is 18.9. The molecule has 2 heterocycles. The quantitative estimate of drug-likeness (QED) is 0.500. The van der Waals surface area contributed by atoms with Gasteiger partial charge in [-0.2, -0.15) is 4.31 Å². The number of benzene rings is 2. The summed E-state index contributed by atoms with van der Waals surface area (Å²) in [5.41, 5.74) is 1.03. The fourth-order valence-corrected chi connectivity index (χ4v) is 6.39. The second-order valence-corrected chi connectivity index (χ2v) is 12.1. The molecule has 2 N–H and O–H groups in total. The number of carboxylic acid groups (broad SMARTS) is 1. The molecule has 0 bridgehead atoms. The maximum Gasteiger partial charge on any atom is 0.415 e. The highest BCUT2D eigenvalue weighted by molar-refractivity contribution is 7.89. The van der Waals surface area contributed by atoms with E-state index < -0.39 is 46.2 Å². The maximum atomic E-state index is 13.8. The lowest BCUT2D eigenvalue weighted by atomic mass is 10.1. The van der Waals surface area contributed by atoms with E-state index in [9.17, 15) is 33.0 Å². The topological polar surface area (TPSA) is 148 Å². The van der Waals surface area contributed by atoms with E-state index in [1.807, 2.05) is 14.0 Å². The largest absolute Gasteiger partial charge is 0.480 e. The number of carbonyl (C=O) groups is 3. The van der Waals surface area contributed by atoms with Crippen LogP contribution < -0.4 is 9.64 Å². The number of aliphatic hydroxyl groups is 1. The highest BCUT2D eigenvalue weighted by Crippen LogP contribution is 2.31. The summed E-state index contributed by atoms with van der Waals surface area (Å²) in [6, 6.07) is 9.21. The highest BCUT2D eigenvalue weighted by Gasteiger charge is 2.46. The number of amides is 2. The number of rotatable bonds is 7. The van der Waals surface area contributed by atoms with Crippen molar-refractivity contribution in [2.45, 2.75) is 43.4 Å². The number of hydrogen-bond donors (Lipinski definition) is 2. The minimum Gasteiger partial charge on any atom is -0.480 e. The summed E-state index contributed by atoms with van der Waals surface area (Å²) in [6.45, 7) is 5.33. The van der Waals surface area contributed by atoms with Crippen molar-refractivity contribution < 1.29 is 37.8 Å². The standard InChI is InChI=1S/C27H34N4O8S/c1-18-4-10-23(11-5-18)40(37,38)30-17-21(32)16-24(30)25(33)31(19(2)26(34)35)20-6-8-22(9-7-20)39-27(36)29-14-12-28(3)13-15-29/h4-11,19,21,24,32H,12-17H2,1-3H3,(H,34,35)/t19-,21?,24-/m0/s1. The summed E-state index contributed by atoms with van der Waals surface area (Å²) in [4.78, 5) is 43.0. The minimum atomic E-state index is -4.17. The number of carboxylic acids is 1. The van der Waals surface area contributed by atoms with Gasteiger partial charge < -0.3 is 24.7 Å². The summed E-state index contributed by atoms with van der Waals surface area (Å²) in [6.07, 6.45) is -1.80. The molecule has 4 rings (SSSR count). The van der Waals surface area contributed by atoms with E-state index in [1.165, 1.54) is 43.3 Å². The Kier molecular flexibility index (Phi) is 8.78. The Balaban J connectivity index is 1.58. The van der Waals surface area contributed by atoms with Gasteiger partial charge in [-0.25, -0.2) is 18.0 Å². The van der Waals surface area contributed by atoms with E-state index in [0.717, 1.165) is 27.9 Å². The van der Waals surface area contributed by atoms with Crippen LogP contribution in [0.15, 0.2) is 53.4 Å². The zero-order valence-electron chi connectivity index (χ0n) is 22.6. The Morgan fingerprint density at radius 2 is 1.60 bits per heavy atom. The van der Waals surface area contributed by atoms with Gasteiger partial charge in [-0.15, -0.1) is 0 Å². The SMILES string of the molecule is Cc1ccc(S(=O)(=O)N2CC(O)C[C@H]2C(=O)N(c2ccc(OC(=O)N3CCN(C)CC3)cc2)[C@@H](C)C(=O)O)cc1. The summed E-state index contributed by atoms with van der Waals surface area (Å²) in [5.74, 6) is -1.88. The number of piperazine rings is 1. The van der Waals surface area contributed by atoms with Crippen molar-refractivity contribution in [3.63, 3.8) is 0 Å². The highest BCUT2D eigenvalue weighted by atomic mass is 32.2. The summed E-state index contributed by atoms with van der Waals surface area (Å²) in [5, 5.41) is 20.1. The van der Waals surface area contributed by atoms with Crippen molar-refractivity contribution in [1.82, 2.24) is 14.1 Å². The van der Waals surface area contributed by atoms with Crippen LogP contribution in [0.3, 0.4) is 0 Å². The number of β-amino-alcohol motifs (C(OH)–C–C–N with tert-alkyl or cyclic N) is 1. The van der Waals surface area contributed by atoms with Crippen molar-refractivity contribution in [2.24, 2.45) is 0 Å². The molecule has 0 radical (unpaired) electrons. The van der Waals surface area contributed by atoms with Gasteiger partial charge in [0.1, 0.15) is 17.8 Å². The van der Waals surface area contributed by atoms with Crippen LogP contribution in [0, 0.1) is 6.92 Å². The second-order valence-electron chi connectivity index (χ2n) is 10.2. The molecule has 0 aromatic heterocycles. The summed E-state index contributed by atoms with van der Waals surface area (Å²) < 4.78 is 33.3. The first kappa shape index (κ1) is 29.5. The lowest BCUT2D eigenvalue weighted by Gasteiger charge is -2.32. The van der Waals surface area contributed by atoms with Gasteiger partial charge in [0.25, 0.3) is 0 Å². The Hall–Kier alpha value is -3.52. The second kappa shape index (κ2) is 11.9. The molecule has 2 aliphatic rings. The van der Waals surface area contributed by atoms with Gasteiger partial charge in [0, 0.05) is 44.8 Å². The van der Waals surface area contributed by atoms with Crippen LogP contribution in [0.25, 0.3) is 0 Å². The molecule has 2 aliphatic heterocycles. The number of sulfonamides is 1. The van der Waals surface area contributed by atoms with Gasteiger partial charge in [-0.05, 0) is 57.3 Å². The predicted molar refractivity (Wildman–Crippen MR) is 146 cm³/mol. The molecule has 2 fully saturated rings. The van der Waals surface area contributed by atoms with Crippen molar-refractivity contribution in [2.75, 3.05) is 44.7 Å². The zero-order valence-corrected chi connectivity index (χ0v) is 23.5. The number of hydrogen-bond acceptors (Lipinski definition) is 8. The molecule has 13 heteroatoms. The molecule has 3 atom stereocenters. The van der Waals surface area contributed by atoms with Gasteiger partial charge in [0.2, 0.25) is 15.9 Å². The molecule has 0 aliphatic carbocycles. The molecule has 2 saturated heterocycles. The molecule has 12 nitrogen and oxygen atoms in total. The molecule has 216 valence electrons. The Morgan fingerprint density at radius 3 is 2.17 bits per heavy atom. The first-order valence-corrected chi connectivity index (χ1v) is 14.4. The van der Waals surface area contributed by atoms with E-state index >= 15 is 0 Å². The summed E-state index contributed by atoms with van der Waals surface area (Å²) >= 11 is 0. The number of nitrogens with zero attached hydrogens (tertiary/aromatic N) is 4. The third-order valence-corrected chi connectivity index (χ3v) is 9.10. The fourth-order valence-electron chi connectivity index (χ4n) is 4.76. The molecule has 2 amide bonds. The average Bonchev–Trinajstić information content (AvgIpc) is 3.33. The molecule has 2 aromatic carbocycles. The Morgan fingerprint density at radius 1 is 1.00 bits per heavy atom. The van der Waals surface area contributed by atoms with Crippen LogP contribution >= 0.6 is 0 Å². The molecule has 2 aromatic rings. The summed E-state index contributed by atoms with van der Waals surface area (Å²) in [7, 11) is -2.20. The molecule has 40 heavy (non-hydrogen) atoms. The van der Waals surface area contributed by atoms with Crippen LogP contribution in [-0.2, 0) is 19.6 Å². The van der Waals surface area contributed by atoms with Crippen molar-refractivity contribution in [1.29, 1.82) is 0 Å². The number of anilines is 1. The van der Waals surface area contributed by atoms with E-state index in [4.69, 9.17) is 4.74 Å². The van der Waals surface area contributed by atoms with Gasteiger partial charge in [-0.1, -0.05) is 17.7 Å². The number of ether oxygens (including phenoxy) is 1. The molecule has 0 saturated carbocycles. The van der Waals surface area contributed by atoms with Crippen molar-refractivity contribution >= 4 is 33.7 Å². The zero-order chi connectivity index (χ0) is 29.2. The molecular weight excluding hydrogens is 540 g/mol. The fraction of sp³-hybridized carbons (Fsp3) is 0.444. The van der Waals surface area contributed by atoms with E-state index in [2.05, 4.69) is 4.90 Å². The number of aliphatic hydroxyl groups excluding tert-OH is 1. The van der Waals surface area contributed by atoms with Crippen LogP contribution in [0.4, 0.5) is 10.5 Å². The number of likely N-dealkylation sites (N-methyl/N-ethyl adjacent to an activating group) is 1.